The first kappa shape index (κ1) is 15.7. The molecule has 1 N–H and O–H groups in total. The summed E-state index contributed by atoms with van der Waals surface area (Å²) in [7, 11) is 1.34. The van der Waals surface area contributed by atoms with Crippen LogP contribution in [0.5, 0.6) is 0 Å². The van der Waals surface area contributed by atoms with E-state index in [-0.39, 0.29) is 5.82 Å². The Balaban J connectivity index is 1.85. The van der Waals surface area contributed by atoms with E-state index in [1.807, 2.05) is 13.0 Å². The van der Waals surface area contributed by atoms with Crippen molar-refractivity contribution in [2.45, 2.75) is 46.0 Å². The minimum atomic E-state index is -0.497. The van der Waals surface area contributed by atoms with Crippen molar-refractivity contribution in [1.29, 1.82) is 0 Å². The van der Waals surface area contributed by atoms with Gasteiger partial charge >= 0.3 is 5.97 Å². The lowest BCUT2D eigenvalue weighted by Crippen LogP contribution is -2.17. The first-order chi connectivity index (χ1) is 10.1. The summed E-state index contributed by atoms with van der Waals surface area (Å²) in [6.07, 6.45) is 6.52. The number of methoxy groups -OCH3 is 1. The predicted molar refractivity (Wildman–Crippen MR) is 82.3 cm³/mol. The van der Waals surface area contributed by atoms with Crippen molar-refractivity contribution >= 4 is 11.8 Å². The molecule has 21 heavy (non-hydrogen) atoms. The molecule has 0 spiro atoms. The molecule has 0 atom stereocenters. The molecule has 1 aliphatic carbocycles. The quantitative estimate of drug-likeness (QED) is 0.844. The van der Waals surface area contributed by atoms with Gasteiger partial charge in [-0.2, -0.15) is 0 Å². The average molecular weight is 291 g/mol. The van der Waals surface area contributed by atoms with E-state index in [2.05, 4.69) is 26.9 Å². The second-order valence-corrected chi connectivity index (χ2v) is 6.05. The standard InChI is InChI=1S/C16H25N3O2/c1-11-4-6-13(7-5-11)8-9-17-14-10-12(2)18-15(19-14)16(20)21-3/h10-11,13H,4-9H2,1-3H3,(H,17,18,19). The number of anilines is 1. The fourth-order valence-corrected chi connectivity index (χ4v) is 2.86. The number of carbonyl (C=O) groups excluding carboxylic acids is 1. The molecule has 0 aromatic carbocycles. The van der Waals surface area contributed by atoms with Crippen molar-refractivity contribution in [3.05, 3.63) is 17.6 Å². The monoisotopic (exact) mass is 291 g/mol. The van der Waals surface area contributed by atoms with Crippen LogP contribution in [0.4, 0.5) is 5.82 Å². The van der Waals surface area contributed by atoms with Gasteiger partial charge in [-0.05, 0) is 25.2 Å². The lowest BCUT2D eigenvalue weighted by atomic mass is 9.81. The Hall–Kier alpha value is -1.65. The Labute approximate surface area is 126 Å². The topological polar surface area (TPSA) is 64.1 Å². The van der Waals surface area contributed by atoms with Gasteiger partial charge < -0.3 is 10.1 Å². The Morgan fingerprint density at radius 1 is 1.33 bits per heavy atom. The summed E-state index contributed by atoms with van der Waals surface area (Å²) in [4.78, 5) is 19.8. The second-order valence-electron chi connectivity index (χ2n) is 6.05. The molecule has 5 heteroatoms. The van der Waals surface area contributed by atoms with Gasteiger partial charge in [0.2, 0.25) is 5.82 Å². The molecular formula is C16H25N3O2. The van der Waals surface area contributed by atoms with Crippen LogP contribution in [-0.4, -0.2) is 29.6 Å². The largest absolute Gasteiger partial charge is 0.463 e. The van der Waals surface area contributed by atoms with Crippen LogP contribution >= 0.6 is 0 Å². The fraction of sp³-hybridized carbons (Fsp3) is 0.688. The molecule has 0 unspecified atom stereocenters. The highest BCUT2D eigenvalue weighted by Gasteiger charge is 2.18. The van der Waals surface area contributed by atoms with Crippen LogP contribution in [0.2, 0.25) is 0 Å². The molecule has 2 rings (SSSR count). The smallest absolute Gasteiger partial charge is 0.376 e. The Bertz CT molecular complexity index is 482. The molecule has 1 fully saturated rings. The molecule has 0 bridgehead atoms. The molecule has 116 valence electrons. The third-order valence-corrected chi connectivity index (χ3v) is 4.22. The van der Waals surface area contributed by atoms with Crippen molar-refractivity contribution in [2.24, 2.45) is 11.8 Å². The van der Waals surface area contributed by atoms with E-state index in [0.29, 0.717) is 5.82 Å². The van der Waals surface area contributed by atoms with Gasteiger partial charge in [0.25, 0.3) is 0 Å². The highest BCUT2D eigenvalue weighted by molar-refractivity contribution is 5.85. The number of esters is 1. The molecule has 0 radical (unpaired) electrons. The van der Waals surface area contributed by atoms with E-state index in [9.17, 15) is 4.79 Å². The first-order valence-electron chi connectivity index (χ1n) is 7.76. The third-order valence-electron chi connectivity index (χ3n) is 4.22. The van der Waals surface area contributed by atoms with E-state index in [1.165, 1.54) is 32.8 Å². The number of rotatable bonds is 5. The summed E-state index contributed by atoms with van der Waals surface area (Å²) in [5, 5.41) is 3.30. The maximum absolute atomic E-state index is 11.5. The lowest BCUT2D eigenvalue weighted by Gasteiger charge is -2.26. The number of aryl methyl sites for hydroxylation is 1. The molecule has 1 aromatic heterocycles. The molecule has 1 heterocycles. The number of hydrogen-bond acceptors (Lipinski definition) is 5. The van der Waals surface area contributed by atoms with Crippen molar-refractivity contribution in [3.8, 4) is 0 Å². The molecule has 1 aromatic rings. The minimum absolute atomic E-state index is 0.117. The Morgan fingerprint density at radius 3 is 2.71 bits per heavy atom. The normalized spacial score (nSPS) is 21.9. The van der Waals surface area contributed by atoms with Gasteiger partial charge in [0, 0.05) is 18.3 Å². The van der Waals surface area contributed by atoms with Gasteiger partial charge in [-0.25, -0.2) is 14.8 Å². The molecule has 5 nitrogen and oxygen atoms in total. The number of nitrogens with one attached hydrogen (secondary N) is 1. The van der Waals surface area contributed by atoms with E-state index < -0.39 is 5.97 Å². The zero-order chi connectivity index (χ0) is 15.2. The Kier molecular flexibility index (Phi) is 5.53. The van der Waals surface area contributed by atoms with Crippen LogP contribution in [0, 0.1) is 18.8 Å². The van der Waals surface area contributed by atoms with E-state index in [1.54, 1.807) is 0 Å². The molecule has 0 aliphatic heterocycles. The molecule has 0 amide bonds. The predicted octanol–water partition coefficient (Wildman–Crippen LogP) is 3.20. The Morgan fingerprint density at radius 2 is 2.05 bits per heavy atom. The van der Waals surface area contributed by atoms with Crippen LogP contribution < -0.4 is 5.32 Å². The number of carbonyl (C=O) groups is 1. The van der Waals surface area contributed by atoms with Crippen LogP contribution in [0.15, 0.2) is 6.07 Å². The second kappa shape index (κ2) is 7.38. The van der Waals surface area contributed by atoms with Gasteiger partial charge in [-0.1, -0.05) is 32.6 Å². The van der Waals surface area contributed by atoms with Crippen LogP contribution in [0.25, 0.3) is 0 Å². The number of hydrogen-bond donors (Lipinski definition) is 1. The summed E-state index contributed by atoms with van der Waals surface area (Å²) in [6, 6.07) is 1.86. The highest BCUT2D eigenvalue weighted by atomic mass is 16.5. The van der Waals surface area contributed by atoms with Crippen molar-refractivity contribution in [2.75, 3.05) is 19.0 Å². The summed E-state index contributed by atoms with van der Waals surface area (Å²) in [5.41, 5.74) is 0.763. The molecule has 0 saturated heterocycles. The van der Waals surface area contributed by atoms with Crippen molar-refractivity contribution in [3.63, 3.8) is 0 Å². The molecule has 1 saturated carbocycles. The summed E-state index contributed by atoms with van der Waals surface area (Å²) in [5.74, 6) is 2.03. The first-order valence-corrected chi connectivity index (χ1v) is 7.76. The van der Waals surface area contributed by atoms with Crippen LogP contribution in [-0.2, 0) is 4.74 Å². The highest BCUT2D eigenvalue weighted by Crippen LogP contribution is 2.30. The van der Waals surface area contributed by atoms with Crippen LogP contribution in [0.3, 0.4) is 0 Å². The van der Waals surface area contributed by atoms with E-state index in [4.69, 9.17) is 0 Å². The summed E-state index contributed by atoms with van der Waals surface area (Å²) in [6.45, 7) is 5.07. The fourth-order valence-electron chi connectivity index (χ4n) is 2.86. The summed E-state index contributed by atoms with van der Waals surface area (Å²) >= 11 is 0. The summed E-state index contributed by atoms with van der Waals surface area (Å²) < 4.78 is 4.66. The van der Waals surface area contributed by atoms with Gasteiger partial charge in [0.1, 0.15) is 5.82 Å². The minimum Gasteiger partial charge on any atom is -0.463 e. The van der Waals surface area contributed by atoms with Gasteiger partial charge in [0.05, 0.1) is 7.11 Å². The molecular weight excluding hydrogens is 266 g/mol. The van der Waals surface area contributed by atoms with Gasteiger partial charge in [0.15, 0.2) is 0 Å². The third kappa shape index (κ3) is 4.69. The zero-order valence-electron chi connectivity index (χ0n) is 13.2. The van der Waals surface area contributed by atoms with E-state index >= 15 is 0 Å². The van der Waals surface area contributed by atoms with Crippen molar-refractivity contribution in [1.82, 2.24) is 9.97 Å². The maximum atomic E-state index is 11.5. The van der Waals surface area contributed by atoms with E-state index in [0.717, 1.165) is 30.5 Å². The average Bonchev–Trinajstić information content (AvgIpc) is 2.48. The SMILES string of the molecule is COC(=O)c1nc(C)cc(NCCC2CCC(C)CC2)n1. The van der Waals surface area contributed by atoms with Crippen molar-refractivity contribution < 1.29 is 9.53 Å². The van der Waals surface area contributed by atoms with Gasteiger partial charge in [-0.3, -0.25) is 0 Å². The maximum Gasteiger partial charge on any atom is 0.376 e. The number of nitrogens with zero attached hydrogens (tertiary/aromatic N) is 2. The molecule has 1 aliphatic rings. The van der Waals surface area contributed by atoms with Gasteiger partial charge in [-0.15, -0.1) is 0 Å². The lowest BCUT2D eigenvalue weighted by molar-refractivity contribution is 0.0586. The number of aromatic nitrogens is 2. The number of ether oxygens (including phenoxy) is 1. The van der Waals surface area contributed by atoms with Crippen LogP contribution in [0.1, 0.15) is 55.3 Å². The zero-order valence-corrected chi connectivity index (χ0v) is 13.2.